The first kappa shape index (κ1) is 21.7. The van der Waals surface area contributed by atoms with Gasteiger partial charge >= 0.3 is 23.9 Å². The van der Waals surface area contributed by atoms with Gasteiger partial charge in [-0.3, -0.25) is 0 Å². The van der Waals surface area contributed by atoms with Gasteiger partial charge in [-0.15, -0.1) is 11.5 Å². The van der Waals surface area contributed by atoms with E-state index in [1.807, 2.05) is 0 Å². The van der Waals surface area contributed by atoms with Crippen molar-refractivity contribution < 1.29 is 39.5 Å². The molecule has 0 aromatic heterocycles. The van der Waals surface area contributed by atoms with E-state index in [1.165, 1.54) is 30.0 Å². The first-order chi connectivity index (χ1) is 11.7. The molecule has 0 aliphatic carbocycles. The monoisotopic (exact) mass is 386 g/mol. The van der Waals surface area contributed by atoms with E-state index in [1.54, 1.807) is 6.07 Å². The van der Waals surface area contributed by atoms with Crippen LogP contribution in [-0.2, 0) is 0 Å². The number of alkyl halides is 9. The Labute approximate surface area is 142 Å². The van der Waals surface area contributed by atoms with Crippen LogP contribution in [-0.4, -0.2) is 23.9 Å². The molecule has 0 N–H and O–H groups in total. The van der Waals surface area contributed by atoms with Gasteiger partial charge in [-0.05, 0) is 5.56 Å². The first-order valence-corrected chi connectivity index (χ1v) is 6.78. The molecule has 0 fully saturated rings. The topological polar surface area (TPSA) is 0 Å². The number of hydrogen-bond acceptors (Lipinski definition) is 0. The predicted molar refractivity (Wildman–Crippen MR) is 77.2 cm³/mol. The fraction of sp³-hybridized carbons (Fsp3) is 0.294. The van der Waals surface area contributed by atoms with Crippen LogP contribution in [0.3, 0.4) is 0 Å². The molecule has 0 radical (unpaired) electrons. The number of allylic oxidation sites excluding steroid dienone is 2. The summed E-state index contributed by atoms with van der Waals surface area (Å²) in [7, 11) is 0. The fourth-order valence-corrected chi connectivity index (χ4v) is 1.93. The molecule has 0 saturated carbocycles. The standard InChI is InChI=1S/C17H11F9/c1-3-11(12-8-6-5-7-9-12)10-13(4-2)14(18,19)15(20,21)16(22,23)17(24,25)26/h5-9H,1-2,10H2. The summed E-state index contributed by atoms with van der Waals surface area (Å²) in [6.07, 6.45) is -8.05. The Hall–Kier alpha value is -2.37. The number of hydrogen-bond donors (Lipinski definition) is 0. The molecule has 0 bridgehead atoms. The van der Waals surface area contributed by atoms with Gasteiger partial charge in [0.05, 0.1) is 5.57 Å². The number of rotatable bonds is 6. The van der Waals surface area contributed by atoms with Gasteiger partial charge in [-0.1, -0.05) is 43.5 Å². The van der Waals surface area contributed by atoms with Gasteiger partial charge in [-0.25, -0.2) is 0 Å². The highest BCUT2D eigenvalue weighted by molar-refractivity contribution is 5.67. The third-order valence-corrected chi connectivity index (χ3v) is 3.43. The van der Waals surface area contributed by atoms with Crippen molar-refractivity contribution in [2.45, 2.75) is 30.4 Å². The van der Waals surface area contributed by atoms with E-state index in [0.717, 1.165) is 0 Å². The second kappa shape index (κ2) is 7.09. The summed E-state index contributed by atoms with van der Waals surface area (Å²) in [4.78, 5) is 0. The molecule has 0 aliphatic heterocycles. The molecule has 0 amide bonds. The summed E-state index contributed by atoms with van der Waals surface area (Å²) in [5.41, 5.74) is 1.62. The average molecular weight is 386 g/mol. The Kier molecular flexibility index (Phi) is 5.91. The maximum Gasteiger partial charge on any atom is 0.460 e. The van der Waals surface area contributed by atoms with Crippen molar-refractivity contribution in [3.8, 4) is 0 Å². The Bertz CT molecular complexity index is 744. The van der Waals surface area contributed by atoms with E-state index in [4.69, 9.17) is 0 Å². The molecule has 1 aromatic carbocycles. The van der Waals surface area contributed by atoms with Gasteiger partial charge in [0.1, 0.15) is 0 Å². The number of halogens is 9. The molecule has 1 aromatic rings. The predicted octanol–water partition coefficient (Wildman–Crippen LogP) is 6.42. The third-order valence-electron chi connectivity index (χ3n) is 3.43. The summed E-state index contributed by atoms with van der Waals surface area (Å²) in [5, 5.41) is 0. The Morgan fingerprint density at radius 3 is 1.65 bits per heavy atom. The zero-order valence-electron chi connectivity index (χ0n) is 12.9. The molecule has 26 heavy (non-hydrogen) atoms. The maximum absolute atomic E-state index is 14.0. The lowest BCUT2D eigenvalue weighted by Gasteiger charge is -2.34. The van der Waals surface area contributed by atoms with Crippen LogP contribution in [0.25, 0.3) is 5.57 Å². The van der Waals surface area contributed by atoms with Crippen molar-refractivity contribution in [3.05, 3.63) is 66.1 Å². The summed E-state index contributed by atoms with van der Waals surface area (Å²) in [5.74, 6) is -19.6. The lowest BCUT2D eigenvalue weighted by atomic mass is 9.90. The molecule has 0 spiro atoms. The maximum atomic E-state index is 14.0. The average Bonchev–Trinajstić information content (AvgIpc) is 2.55. The summed E-state index contributed by atoms with van der Waals surface area (Å²) >= 11 is 0. The van der Waals surface area contributed by atoms with Crippen molar-refractivity contribution in [1.29, 1.82) is 0 Å². The van der Waals surface area contributed by atoms with Crippen molar-refractivity contribution >= 4 is 5.57 Å². The molecule has 1 rings (SSSR count). The van der Waals surface area contributed by atoms with Gasteiger partial charge in [0.2, 0.25) is 0 Å². The molecular weight excluding hydrogens is 375 g/mol. The minimum Gasteiger partial charge on any atom is -0.194 e. The van der Waals surface area contributed by atoms with Gasteiger partial charge in [0, 0.05) is 12.0 Å². The third kappa shape index (κ3) is 3.59. The fourth-order valence-electron chi connectivity index (χ4n) is 1.93. The smallest absolute Gasteiger partial charge is 0.194 e. The van der Waals surface area contributed by atoms with Crippen LogP contribution < -0.4 is 0 Å². The van der Waals surface area contributed by atoms with E-state index in [-0.39, 0.29) is 11.1 Å². The first-order valence-electron chi connectivity index (χ1n) is 6.78. The van der Waals surface area contributed by atoms with Crippen molar-refractivity contribution in [3.63, 3.8) is 0 Å². The quantitative estimate of drug-likeness (QED) is 0.391. The van der Waals surface area contributed by atoms with Crippen LogP contribution >= 0.6 is 0 Å². The highest BCUT2D eigenvalue weighted by Gasteiger charge is 2.82. The highest BCUT2D eigenvalue weighted by atomic mass is 19.4. The summed E-state index contributed by atoms with van der Waals surface area (Å²) < 4.78 is 118. The van der Waals surface area contributed by atoms with Crippen LogP contribution in [0, 0.1) is 0 Å². The molecule has 0 aliphatic rings. The molecule has 9 heteroatoms. The minimum absolute atomic E-state index is 0.178. The SMILES string of the molecule is C=C=C(CC(=C=C)C(F)(F)C(F)(F)C(F)(F)C(F)(F)F)c1ccccc1. The van der Waals surface area contributed by atoms with Crippen LogP contribution in [0.15, 0.2) is 60.5 Å². The summed E-state index contributed by atoms with van der Waals surface area (Å²) in [6.45, 7) is 5.88. The second-order valence-electron chi connectivity index (χ2n) is 5.07. The molecular formula is C17H11F9. The zero-order chi connectivity index (χ0) is 20.4. The van der Waals surface area contributed by atoms with Crippen LogP contribution in [0.1, 0.15) is 12.0 Å². The van der Waals surface area contributed by atoms with Crippen LogP contribution in [0.5, 0.6) is 0 Å². The summed E-state index contributed by atoms with van der Waals surface area (Å²) in [6, 6.07) is 7.16. The lowest BCUT2D eigenvalue weighted by Crippen LogP contribution is -2.61. The Balaban J connectivity index is 3.36. The van der Waals surface area contributed by atoms with E-state index in [0.29, 0.717) is 0 Å². The van der Waals surface area contributed by atoms with E-state index in [2.05, 4.69) is 18.9 Å². The lowest BCUT2D eigenvalue weighted by molar-refractivity contribution is -0.389. The van der Waals surface area contributed by atoms with Gasteiger partial charge < -0.3 is 0 Å². The van der Waals surface area contributed by atoms with E-state index >= 15 is 0 Å². The largest absolute Gasteiger partial charge is 0.460 e. The number of benzene rings is 1. The molecule has 0 unspecified atom stereocenters. The van der Waals surface area contributed by atoms with Crippen LogP contribution in [0.4, 0.5) is 39.5 Å². The van der Waals surface area contributed by atoms with E-state index in [9.17, 15) is 39.5 Å². The zero-order valence-corrected chi connectivity index (χ0v) is 12.9. The second-order valence-corrected chi connectivity index (χ2v) is 5.07. The highest BCUT2D eigenvalue weighted by Crippen LogP contribution is 2.55. The normalized spacial score (nSPS) is 13.0. The molecule has 0 saturated heterocycles. The van der Waals surface area contributed by atoms with Crippen molar-refractivity contribution in [1.82, 2.24) is 0 Å². The van der Waals surface area contributed by atoms with Crippen molar-refractivity contribution in [2.24, 2.45) is 0 Å². The van der Waals surface area contributed by atoms with Gasteiger partial charge in [0.25, 0.3) is 0 Å². The molecule has 0 atom stereocenters. The van der Waals surface area contributed by atoms with Crippen molar-refractivity contribution in [2.75, 3.05) is 0 Å². The van der Waals surface area contributed by atoms with Gasteiger partial charge in [0.15, 0.2) is 0 Å². The molecule has 0 nitrogen and oxygen atoms in total. The Morgan fingerprint density at radius 2 is 1.27 bits per heavy atom. The molecule has 0 heterocycles. The van der Waals surface area contributed by atoms with Crippen LogP contribution in [0.2, 0.25) is 0 Å². The minimum atomic E-state index is -6.98. The molecule has 142 valence electrons. The van der Waals surface area contributed by atoms with E-state index < -0.39 is 35.9 Å². The Morgan fingerprint density at radius 1 is 0.769 bits per heavy atom. The van der Waals surface area contributed by atoms with Gasteiger partial charge in [-0.2, -0.15) is 39.5 Å².